The first-order chi connectivity index (χ1) is 12.4. The lowest BCUT2D eigenvalue weighted by atomic mass is 9.89. The van der Waals surface area contributed by atoms with Gasteiger partial charge in [0.1, 0.15) is 5.82 Å². The highest BCUT2D eigenvalue weighted by atomic mass is 19.1. The number of hydrogen-bond acceptors (Lipinski definition) is 2. The Hall–Kier alpha value is -1.58. The molecule has 0 aromatic heterocycles. The van der Waals surface area contributed by atoms with Crippen molar-refractivity contribution in [2.24, 2.45) is 11.8 Å². The highest BCUT2D eigenvalue weighted by Gasteiger charge is 2.48. The van der Waals surface area contributed by atoms with Crippen LogP contribution in [0.1, 0.15) is 58.8 Å². The molecule has 4 heteroatoms. The molecule has 2 saturated heterocycles. The molecule has 1 aliphatic carbocycles. The van der Waals surface area contributed by atoms with Crippen LogP contribution in [0, 0.1) is 17.7 Å². The molecule has 26 heavy (non-hydrogen) atoms. The van der Waals surface area contributed by atoms with Gasteiger partial charge in [-0.2, -0.15) is 0 Å². The highest BCUT2D eigenvalue weighted by Crippen LogP contribution is 2.44. The Labute approximate surface area is 156 Å². The van der Waals surface area contributed by atoms with Gasteiger partial charge in [0.05, 0.1) is 0 Å². The maximum absolute atomic E-state index is 13.3. The van der Waals surface area contributed by atoms with E-state index in [0.29, 0.717) is 23.8 Å². The van der Waals surface area contributed by atoms with Gasteiger partial charge in [0.25, 0.3) is 0 Å². The molecule has 2 aliphatic heterocycles. The van der Waals surface area contributed by atoms with Crippen molar-refractivity contribution in [3.8, 4) is 0 Å². The lowest BCUT2D eigenvalue weighted by molar-refractivity contribution is -0.134. The van der Waals surface area contributed by atoms with Gasteiger partial charge in [-0.1, -0.05) is 12.8 Å². The number of amides is 1. The van der Waals surface area contributed by atoms with Crippen LogP contribution in [0.25, 0.3) is 0 Å². The van der Waals surface area contributed by atoms with Crippen LogP contribution in [0.4, 0.5) is 10.1 Å². The second-order valence-electron chi connectivity index (χ2n) is 9.17. The zero-order chi connectivity index (χ0) is 18.3. The van der Waals surface area contributed by atoms with Crippen molar-refractivity contribution in [1.82, 2.24) is 4.90 Å². The molecule has 1 aromatic rings. The number of hydrogen-bond donors (Lipinski definition) is 0. The van der Waals surface area contributed by atoms with Crippen LogP contribution in [-0.4, -0.2) is 35.5 Å². The third kappa shape index (κ3) is 3.35. The van der Waals surface area contributed by atoms with Gasteiger partial charge in [-0.25, -0.2) is 4.39 Å². The van der Waals surface area contributed by atoms with Crippen LogP contribution in [0.15, 0.2) is 24.3 Å². The van der Waals surface area contributed by atoms with Gasteiger partial charge < -0.3 is 9.80 Å². The maximum Gasteiger partial charge on any atom is 0.222 e. The summed E-state index contributed by atoms with van der Waals surface area (Å²) in [6, 6.07) is 7.36. The molecule has 142 valence electrons. The minimum Gasteiger partial charge on any atom is -0.363 e. The van der Waals surface area contributed by atoms with E-state index >= 15 is 0 Å². The van der Waals surface area contributed by atoms with E-state index in [0.717, 1.165) is 38.0 Å². The SMILES string of the molecule is CC1(C)C[C@@H]2CN(C(=O)CC3CCCC3)CC[C@@H]2N1c1ccc(F)cc1. The molecule has 1 aromatic carbocycles. The molecule has 3 fully saturated rings. The van der Waals surface area contributed by atoms with E-state index in [9.17, 15) is 9.18 Å². The van der Waals surface area contributed by atoms with Crippen molar-refractivity contribution in [3.63, 3.8) is 0 Å². The van der Waals surface area contributed by atoms with Gasteiger partial charge in [0.2, 0.25) is 5.91 Å². The quantitative estimate of drug-likeness (QED) is 0.788. The van der Waals surface area contributed by atoms with Gasteiger partial charge in [-0.05, 0) is 75.6 Å². The Morgan fingerprint density at radius 3 is 2.54 bits per heavy atom. The molecule has 1 saturated carbocycles. The smallest absolute Gasteiger partial charge is 0.222 e. The van der Waals surface area contributed by atoms with E-state index in [1.807, 2.05) is 12.1 Å². The fourth-order valence-electron chi connectivity index (χ4n) is 5.71. The minimum atomic E-state index is -0.186. The van der Waals surface area contributed by atoms with Gasteiger partial charge in [-0.3, -0.25) is 4.79 Å². The summed E-state index contributed by atoms with van der Waals surface area (Å²) < 4.78 is 13.3. The number of carbonyl (C=O) groups excluding carboxylic acids is 1. The lowest BCUT2D eigenvalue weighted by Gasteiger charge is -2.42. The molecule has 0 radical (unpaired) electrons. The van der Waals surface area contributed by atoms with Crippen LogP contribution in [-0.2, 0) is 4.79 Å². The van der Waals surface area contributed by atoms with E-state index in [4.69, 9.17) is 0 Å². The minimum absolute atomic E-state index is 0.0394. The molecule has 0 bridgehead atoms. The molecule has 3 aliphatic rings. The van der Waals surface area contributed by atoms with Crippen molar-refractivity contribution >= 4 is 11.6 Å². The average Bonchev–Trinajstić information content (AvgIpc) is 3.19. The highest BCUT2D eigenvalue weighted by molar-refractivity contribution is 5.76. The number of benzene rings is 1. The number of carbonyl (C=O) groups is 1. The average molecular weight is 359 g/mol. The first-order valence-corrected chi connectivity index (χ1v) is 10.3. The number of likely N-dealkylation sites (tertiary alicyclic amines) is 1. The first-order valence-electron chi connectivity index (χ1n) is 10.3. The Morgan fingerprint density at radius 1 is 1.15 bits per heavy atom. The number of fused-ring (bicyclic) bond motifs is 1. The molecule has 0 spiro atoms. The summed E-state index contributed by atoms with van der Waals surface area (Å²) in [4.78, 5) is 17.4. The number of nitrogens with zero attached hydrogens (tertiary/aromatic N) is 2. The number of anilines is 1. The summed E-state index contributed by atoms with van der Waals surface area (Å²) in [6.45, 7) is 6.30. The van der Waals surface area contributed by atoms with Crippen LogP contribution in [0.5, 0.6) is 0 Å². The monoisotopic (exact) mass is 358 g/mol. The summed E-state index contributed by atoms with van der Waals surface area (Å²) in [5, 5.41) is 0. The van der Waals surface area contributed by atoms with Gasteiger partial charge in [0.15, 0.2) is 0 Å². The summed E-state index contributed by atoms with van der Waals surface area (Å²) in [5.74, 6) is 1.32. The molecule has 2 heterocycles. The zero-order valence-corrected chi connectivity index (χ0v) is 16.1. The normalized spacial score (nSPS) is 28.4. The summed E-state index contributed by atoms with van der Waals surface area (Å²) in [7, 11) is 0. The van der Waals surface area contributed by atoms with Crippen LogP contribution < -0.4 is 4.90 Å². The third-order valence-electron chi connectivity index (χ3n) is 6.83. The molecule has 0 N–H and O–H groups in total. The Balaban J connectivity index is 1.45. The molecule has 1 amide bonds. The Morgan fingerprint density at radius 2 is 1.85 bits per heavy atom. The molecule has 3 nitrogen and oxygen atoms in total. The first kappa shape index (κ1) is 17.8. The van der Waals surface area contributed by atoms with Crippen molar-refractivity contribution in [3.05, 3.63) is 30.1 Å². The Bertz CT molecular complexity index is 651. The van der Waals surface area contributed by atoms with Crippen molar-refractivity contribution in [1.29, 1.82) is 0 Å². The molecule has 0 unspecified atom stereocenters. The van der Waals surface area contributed by atoms with E-state index < -0.39 is 0 Å². The summed E-state index contributed by atoms with van der Waals surface area (Å²) in [5.41, 5.74) is 1.15. The van der Waals surface area contributed by atoms with Gasteiger partial charge >= 0.3 is 0 Å². The van der Waals surface area contributed by atoms with Gasteiger partial charge in [0, 0.05) is 36.8 Å². The fraction of sp³-hybridized carbons (Fsp3) is 0.682. The Kier molecular flexibility index (Phi) is 4.70. The molecular formula is C22H31FN2O. The largest absolute Gasteiger partial charge is 0.363 e. The van der Waals surface area contributed by atoms with E-state index in [-0.39, 0.29) is 11.4 Å². The van der Waals surface area contributed by atoms with E-state index in [2.05, 4.69) is 23.6 Å². The van der Waals surface area contributed by atoms with Crippen LogP contribution >= 0.6 is 0 Å². The van der Waals surface area contributed by atoms with Crippen molar-refractivity contribution < 1.29 is 9.18 Å². The van der Waals surface area contributed by atoms with Gasteiger partial charge in [-0.15, -0.1) is 0 Å². The molecular weight excluding hydrogens is 327 g/mol. The topological polar surface area (TPSA) is 23.6 Å². The number of piperidine rings is 1. The van der Waals surface area contributed by atoms with Crippen molar-refractivity contribution in [2.75, 3.05) is 18.0 Å². The van der Waals surface area contributed by atoms with E-state index in [1.54, 1.807) is 12.1 Å². The van der Waals surface area contributed by atoms with Crippen molar-refractivity contribution in [2.45, 2.75) is 70.4 Å². The number of rotatable bonds is 3. The fourth-order valence-corrected chi connectivity index (χ4v) is 5.71. The standard InChI is InChI=1S/C22H31FN2O/c1-22(2)14-17-15-24(21(26)13-16-5-3-4-6-16)12-11-20(17)25(22)19-9-7-18(23)8-10-19/h7-10,16-17,20H,3-6,11-15H2,1-2H3/t17-,20+/m1/s1. The number of halogens is 1. The summed E-state index contributed by atoms with van der Waals surface area (Å²) >= 11 is 0. The van der Waals surface area contributed by atoms with Crippen LogP contribution in [0.3, 0.4) is 0 Å². The second kappa shape index (κ2) is 6.86. The van der Waals surface area contributed by atoms with E-state index in [1.165, 1.54) is 25.7 Å². The summed E-state index contributed by atoms with van der Waals surface area (Å²) in [6.07, 6.45) is 7.91. The maximum atomic E-state index is 13.3. The van der Waals surface area contributed by atoms with Crippen LogP contribution in [0.2, 0.25) is 0 Å². The zero-order valence-electron chi connectivity index (χ0n) is 16.1. The molecule has 2 atom stereocenters. The molecule has 4 rings (SSSR count). The second-order valence-corrected chi connectivity index (χ2v) is 9.17. The lowest BCUT2D eigenvalue weighted by Crippen LogP contribution is -2.50. The third-order valence-corrected chi connectivity index (χ3v) is 6.83. The predicted octanol–water partition coefficient (Wildman–Crippen LogP) is 4.61. The predicted molar refractivity (Wildman–Crippen MR) is 103 cm³/mol.